The van der Waals surface area contributed by atoms with Gasteiger partial charge in [0.25, 0.3) is 0 Å². The predicted molar refractivity (Wildman–Crippen MR) is 108 cm³/mol. The molecule has 0 unspecified atom stereocenters. The van der Waals surface area contributed by atoms with Gasteiger partial charge in [0.1, 0.15) is 5.76 Å². The predicted octanol–water partition coefficient (Wildman–Crippen LogP) is 6.17. The Balaban J connectivity index is 1.45. The molecule has 5 aromatic rings. The van der Waals surface area contributed by atoms with Gasteiger partial charge in [-0.1, -0.05) is 24.3 Å². The molecule has 0 atom stereocenters. The van der Waals surface area contributed by atoms with Crippen molar-refractivity contribution < 1.29 is 8.83 Å². The molecule has 0 aliphatic carbocycles. The van der Waals surface area contributed by atoms with Gasteiger partial charge in [-0.25, -0.2) is 9.83 Å². The highest BCUT2D eigenvalue weighted by Crippen LogP contribution is 2.33. The molecule has 0 amide bonds. The van der Waals surface area contributed by atoms with Crippen LogP contribution < -0.4 is 0 Å². The van der Waals surface area contributed by atoms with Crippen LogP contribution >= 0.6 is 0 Å². The molecule has 0 aliphatic heterocycles. The van der Waals surface area contributed by atoms with E-state index in [1.165, 1.54) is 0 Å². The number of imidazole rings is 1. The van der Waals surface area contributed by atoms with E-state index in [-0.39, 0.29) is 0 Å². The number of benzene rings is 2. The second kappa shape index (κ2) is 6.56. The van der Waals surface area contributed by atoms with Gasteiger partial charge in [0.05, 0.1) is 29.2 Å². The van der Waals surface area contributed by atoms with E-state index in [1.54, 1.807) is 30.3 Å². The molecule has 0 saturated heterocycles. The van der Waals surface area contributed by atoms with Gasteiger partial charge in [0.2, 0.25) is 0 Å². The Hall–Kier alpha value is -4.55. The lowest BCUT2D eigenvalue weighted by Gasteiger charge is -1.97. The fourth-order valence-electron chi connectivity index (χ4n) is 3.12. The zero-order chi connectivity index (χ0) is 19.8. The first-order valence-corrected chi connectivity index (χ1v) is 8.82. The minimum absolute atomic E-state index is 0.570. The summed E-state index contributed by atoms with van der Waals surface area (Å²) in [6.07, 6.45) is 0. The molecular formula is C23H12N4O2. The summed E-state index contributed by atoms with van der Waals surface area (Å²) in [6, 6.07) is 22.0. The summed E-state index contributed by atoms with van der Waals surface area (Å²) in [7, 11) is 0. The number of nitrogens with one attached hydrogen (secondary N) is 1. The summed E-state index contributed by atoms with van der Waals surface area (Å²) in [5.41, 5.74) is 3.59. The highest BCUT2D eigenvalue weighted by molar-refractivity contribution is 5.80. The van der Waals surface area contributed by atoms with Crippen molar-refractivity contribution in [1.29, 1.82) is 5.26 Å². The van der Waals surface area contributed by atoms with Crippen LogP contribution in [0.4, 0.5) is 5.69 Å². The largest absolute Gasteiger partial charge is 0.453 e. The van der Waals surface area contributed by atoms with E-state index in [0.717, 1.165) is 16.6 Å². The lowest BCUT2D eigenvalue weighted by molar-refractivity contribution is 0.537. The normalized spacial score (nSPS) is 10.7. The number of nitriles is 1. The molecule has 3 heterocycles. The lowest BCUT2D eigenvalue weighted by Crippen LogP contribution is -1.75. The van der Waals surface area contributed by atoms with Crippen LogP contribution in [-0.2, 0) is 0 Å². The molecule has 3 aromatic heterocycles. The van der Waals surface area contributed by atoms with Crippen LogP contribution in [0.2, 0.25) is 0 Å². The van der Waals surface area contributed by atoms with Crippen LogP contribution in [0.25, 0.3) is 50.3 Å². The van der Waals surface area contributed by atoms with Gasteiger partial charge in [0, 0.05) is 5.56 Å². The number of hydrogen-bond donors (Lipinski definition) is 1. The van der Waals surface area contributed by atoms with Gasteiger partial charge in [-0.2, -0.15) is 5.26 Å². The average molecular weight is 376 g/mol. The fourth-order valence-corrected chi connectivity index (χ4v) is 3.12. The Kier molecular flexibility index (Phi) is 3.76. The summed E-state index contributed by atoms with van der Waals surface area (Å²) >= 11 is 0. The van der Waals surface area contributed by atoms with Gasteiger partial charge in [-0.15, -0.1) is 0 Å². The molecular weight excluding hydrogens is 364 g/mol. The van der Waals surface area contributed by atoms with Crippen molar-refractivity contribution in [3.05, 3.63) is 83.7 Å². The monoisotopic (exact) mass is 376 g/mol. The van der Waals surface area contributed by atoms with Crippen LogP contribution in [0.15, 0.2) is 75.6 Å². The molecule has 0 spiro atoms. The highest BCUT2D eigenvalue weighted by Gasteiger charge is 2.14. The van der Waals surface area contributed by atoms with E-state index >= 15 is 0 Å². The second-order valence-corrected chi connectivity index (χ2v) is 6.42. The summed E-state index contributed by atoms with van der Waals surface area (Å²) in [4.78, 5) is 11.1. The standard InChI is InChI=1S/C23H12N4O2/c1-25-16-5-3-15(4-6-16)19-8-9-20(28-19)21-10-11-22(29-21)23-26-17-7-2-14(13-24)12-18(17)27-23/h2-12H,(H,26,27). The van der Waals surface area contributed by atoms with Crippen molar-refractivity contribution in [1.82, 2.24) is 9.97 Å². The smallest absolute Gasteiger partial charge is 0.187 e. The summed E-state index contributed by atoms with van der Waals surface area (Å²) in [6.45, 7) is 7.03. The number of furan rings is 2. The maximum atomic E-state index is 9.03. The molecule has 1 N–H and O–H groups in total. The SMILES string of the molecule is [C-]#[N+]c1ccc(-c2ccc(-c3ccc(-c4nc5ccc(C#N)cc5[nH]4)o3)o2)cc1. The molecule has 0 saturated carbocycles. The fraction of sp³-hybridized carbons (Fsp3) is 0. The van der Waals surface area contributed by atoms with Crippen molar-refractivity contribution in [3.8, 4) is 40.5 Å². The van der Waals surface area contributed by atoms with Crippen molar-refractivity contribution in [2.45, 2.75) is 0 Å². The van der Waals surface area contributed by atoms with E-state index in [4.69, 9.17) is 20.7 Å². The maximum absolute atomic E-state index is 9.03. The molecule has 2 aromatic carbocycles. The van der Waals surface area contributed by atoms with E-state index in [2.05, 4.69) is 20.9 Å². The van der Waals surface area contributed by atoms with Gasteiger partial charge in [-0.05, 0) is 42.5 Å². The number of aromatic nitrogens is 2. The van der Waals surface area contributed by atoms with Gasteiger partial charge < -0.3 is 13.8 Å². The Morgan fingerprint density at radius 2 is 1.55 bits per heavy atom. The third-order valence-electron chi connectivity index (χ3n) is 4.58. The molecule has 29 heavy (non-hydrogen) atoms. The Morgan fingerprint density at radius 1 is 0.862 bits per heavy atom. The van der Waals surface area contributed by atoms with Crippen LogP contribution in [0, 0.1) is 17.9 Å². The number of aromatic amines is 1. The Labute approximate surface area is 165 Å². The average Bonchev–Trinajstić information content (AvgIpc) is 3.51. The van der Waals surface area contributed by atoms with Gasteiger partial charge in [-0.3, -0.25) is 0 Å². The van der Waals surface area contributed by atoms with Crippen molar-refractivity contribution in [2.75, 3.05) is 0 Å². The molecule has 6 heteroatoms. The van der Waals surface area contributed by atoms with Crippen LogP contribution in [0.1, 0.15) is 5.56 Å². The van der Waals surface area contributed by atoms with Gasteiger partial charge >= 0.3 is 0 Å². The van der Waals surface area contributed by atoms with Gasteiger partial charge in [0.15, 0.2) is 28.8 Å². The quantitative estimate of drug-likeness (QED) is 0.382. The van der Waals surface area contributed by atoms with Crippen molar-refractivity contribution >= 4 is 16.7 Å². The molecule has 5 rings (SSSR count). The summed E-state index contributed by atoms with van der Waals surface area (Å²) in [5.74, 6) is 3.05. The first-order valence-electron chi connectivity index (χ1n) is 8.82. The van der Waals surface area contributed by atoms with Crippen LogP contribution in [0.3, 0.4) is 0 Å². The number of fused-ring (bicyclic) bond motifs is 1. The third kappa shape index (κ3) is 2.95. The number of hydrogen-bond acceptors (Lipinski definition) is 4. The minimum atomic E-state index is 0.570. The van der Waals surface area contributed by atoms with E-state index in [0.29, 0.717) is 40.1 Å². The van der Waals surface area contributed by atoms with E-state index < -0.39 is 0 Å². The molecule has 0 aliphatic rings. The summed E-state index contributed by atoms with van der Waals surface area (Å²) < 4.78 is 11.9. The third-order valence-corrected chi connectivity index (χ3v) is 4.58. The molecule has 136 valence electrons. The number of nitrogens with zero attached hydrogens (tertiary/aromatic N) is 3. The highest BCUT2D eigenvalue weighted by atomic mass is 16.4. The zero-order valence-electron chi connectivity index (χ0n) is 15.0. The number of H-pyrrole nitrogens is 1. The van der Waals surface area contributed by atoms with E-state index in [9.17, 15) is 0 Å². The van der Waals surface area contributed by atoms with Crippen LogP contribution in [0.5, 0.6) is 0 Å². The second-order valence-electron chi connectivity index (χ2n) is 6.42. The first-order chi connectivity index (χ1) is 14.2. The molecule has 0 bridgehead atoms. The zero-order valence-corrected chi connectivity index (χ0v) is 15.0. The maximum Gasteiger partial charge on any atom is 0.187 e. The number of rotatable bonds is 3. The molecule has 0 radical (unpaired) electrons. The van der Waals surface area contributed by atoms with Crippen molar-refractivity contribution in [3.63, 3.8) is 0 Å². The summed E-state index contributed by atoms with van der Waals surface area (Å²) in [5, 5.41) is 9.03. The first kappa shape index (κ1) is 16.6. The topological polar surface area (TPSA) is 83.1 Å². The van der Waals surface area contributed by atoms with Crippen molar-refractivity contribution in [2.24, 2.45) is 0 Å². The lowest BCUT2D eigenvalue weighted by atomic mass is 10.1. The molecule has 6 nitrogen and oxygen atoms in total. The van der Waals surface area contributed by atoms with E-state index in [1.807, 2.05) is 36.4 Å². The minimum Gasteiger partial charge on any atom is -0.453 e. The van der Waals surface area contributed by atoms with Crippen LogP contribution in [-0.4, -0.2) is 9.97 Å². The Morgan fingerprint density at radius 3 is 2.28 bits per heavy atom. The Bertz CT molecular complexity index is 1420. The molecule has 0 fully saturated rings.